The molecule has 100 valence electrons. The third kappa shape index (κ3) is 2.77. The van der Waals surface area contributed by atoms with Crippen LogP contribution in [0.5, 0.6) is 0 Å². The normalized spacial score (nSPS) is 19.1. The van der Waals surface area contributed by atoms with Gasteiger partial charge in [0.05, 0.1) is 0 Å². The SMILES string of the molecule is NC1CCN(c2n[nH]c(-c3cc(Br)ccc3I)n2)C1. The number of anilines is 1. The smallest absolute Gasteiger partial charge is 0.245 e. The minimum Gasteiger partial charge on any atom is -0.338 e. The van der Waals surface area contributed by atoms with E-state index >= 15 is 0 Å². The van der Waals surface area contributed by atoms with Crippen LogP contribution in [0, 0.1) is 3.57 Å². The fourth-order valence-electron chi connectivity index (χ4n) is 2.16. The summed E-state index contributed by atoms with van der Waals surface area (Å²) < 4.78 is 2.17. The maximum atomic E-state index is 5.91. The standard InChI is InChI=1S/C12H13BrIN5/c13-7-1-2-10(14)9(5-7)11-16-12(18-17-11)19-4-3-8(15)6-19/h1-2,5,8H,3-4,6,15H2,(H,16,17,18). The van der Waals surface area contributed by atoms with E-state index in [1.165, 1.54) is 0 Å². The van der Waals surface area contributed by atoms with Crippen molar-refractivity contribution >= 4 is 44.5 Å². The average Bonchev–Trinajstić information content (AvgIpc) is 3.00. The molecule has 1 saturated heterocycles. The Morgan fingerprint density at radius 3 is 3.05 bits per heavy atom. The lowest BCUT2D eigenvalue weighted by Crippen LogP contribution is -2.26. The van der Waals surface area contributed by atoms with Crippen molar-refractivity contribution in [1.29, 1.82) is 0 Å². The van der Waals surface area contributed by atoms with Crippen LogP contribution in [0.3, 0.4) is 0 Å². The Hall–Kier alpha value is -0.670. The van der Waals surface area contributed by atoms with E-state index in [1.54, 1.807) is 0 Å². The molecule has 7 heteroatoms. The van der Waals surface area contributed by atoms with Gasteiger partial charge in [0.15, 0.2) is 5.82 Å². The zero-order valence-electron chi connectivity index (χ0n) is 10.1. The highest BCUT2D eigenvalue weighted by Gasteiger charge is 2.22. The van der Waals surface area contributed by atoms with Gasteiger partial charge >= 0.3 is 0 Å². The molecule has 1 aromatic heterocycles. The van der Waals surface area contributed by atoms with E-state index in [0.717, 1.165) is 44.9 Å². The molecule has 19 heavy (non-hydrogen) atoms. The van der Waals surface area contributed by atoms with Crippen LogP contribution in [0.15, 0.2) is 22.7 Å². The van der Waals surface area contributed by atoms with E-state index in [2.05, 4.69) is 58.6 Å². The lowest BCUT2D eigenvalue weighted by atomic mass is 10.2. The van der Waals surface area contributed by atoms with E-state index in [1.807, 2.05) is 18.2 Å². The van der Waals surface area contributed by atoms with Crippen molar-refractivity contribution in [1.82, 2.24) is 15.2 Å². The molecule has 2 aromatic rings. The number of hydrogen-bond donors (Lipinski definition) is 2. The number of nitrogens with zero attached hydrogens (tertiary/aromatic N) is 3. The number of nitrogens with one attached hydrogen (secondary N) is 1. The molecule has 1 aliphatic rings. The molecule has 0 saturated carbocycles. The van der Waals surface area contributed by atoms with Gasteiger partial charge in [-0.15, -0.1) is 5.10 Å². The Kier molecular flexibility index (Phi) is 3.77. The van der Waals surface area contributed by atoms with Crippen LogP contribution in [0.25, 0.3) is 11.4 Å². The summed E-state index contributed by atoms with van der Waals surface area (Å²) in [7, 11) is 0. The van der Waals surface area contributed by atoms with Gasteiger partial charge in [0.1, 0.15) is 0 Å². The van der Waals surface area contributed by atoms with Gasteiger partial charge < -0.3 is 10.6 Å². The molecule has 2 heterocycles. The Balaban J connectivity index is 1.90. The van der Waals surface area contributed by atoms with Crippen molar-refractivity contribution in [3.8, 4) is 11.4 Å². The number of aromatic nitrogens is 3. The fourth-order valence-corrected chi connectivity index (χ4v) is 3.11. The van der Waals surface area contributed by atoms with Gasteiger partial charge in [-0.05, 0) is 47.2 Å². The number of rotatable bonds is 2. The van der Waals surface area contributed by atoms with Gasteiger partial charge in [-0.2, -0.15) is 4.98 Å². The zero-order valence-corrected chi connectivity index (χ0v) is 13.8. The maximum absolute atomic E-state index is 5.91. The van der Waals surface area contributed by atoms with E-state index in [-0.39, 0.29) is 6.04 Å². The van der Waals surface area contributed by atoms with Gasteiger partial charge in [-0.3, -0.25) is 5.10 Å². The molecule has 0 bridgehead atoms. The van der Waals surface area contributed by atoms with Crippen molar-refractivity contribution in [2.75, 3.05) is 18.0 Å². The summed E-state index contributed by atoms with van der Waals surface area (Å²) in [6, 6.07) is 6.34. The van der Waals surface area contributed by atoms with Crippen LogP contribution in [-0.4, -0.2) is 34.3 Å². The molecule has 0 spiro atoms. The first kappa shape index (κ1) is 13.3. The number of nitrogens with two attached hydrogens (primary N) is 1. The monoisotopic (exact) mass is 433 g/mol. The number of H-pyrrole nitrogens is 1. The van der Waals surface area contributed by atoms with E-state index < -0.39 is 0 Å². The summed E-state index contributed by atoms with van der Waals surface area (Å²) in [5, 5.41) is 7.31. The van der Waals surface area contributed by atoms with Crippen molar-refractivity contribution in [3.05, 3.63) is 26.2 Å². The lowest BCUT2D eigenvalue weighted by molar-refractivity contribution is 0.750. The Bertz CT molecular complexity index is 600. The zero-order chi connectivity index (χ0) is 13.4. The quantitative estimate of drug-likeness (QED) is 0.713. The van der Waals surface area contributed by atoms with Crippen LogP contribution in [0.1, 0.15) is 6.42 Å². The third-order valence-electron chi connectivity index (χ3n) is 3.16. The second kappa shape index (κ2) is 5.37. The molecule has 1 atom stereocenters. The summed E-state index contributed by atoms with van der Waals surface area (Å²) in [4.78, 5) is 6.70. The predicted molar refractivity (Wildman–Crippen MR) is 87.0 cm³/mol. The molecule has 3 N–H and O–H groups in total. The van der Waals surface area contributed by atoms with Crippen molar-refractivity contribution in [2.45, 2.75) is 12.5 Å². The van der Waals surface area contributed by atoms with Gasteiger partial charge in [-0.1, -0.05) is 15.9 Å². The van der Waals surface area contributed by atoms with Crippen molar-refractivity contribution < 1.29 is 0 Å². The first-order valence-corrected chi connectivity index (χ1v) is 7.89. The molecule has 0 amide bonds. The number of aromatic amines is 1. The highest BCUT2D eigenvalue weighted by Crippen LogP contribution is 2.27. The van der Waals surface area contributed by atoms with Crippen LogP contribution in [0.4, 0.5) is 5.95 Å². The highest BCUT2D eigenvalue weighted by atomic mass is 127. The molecular formula is C12H13BrIN5. The van der Waals surface area contributed by atoms with E-state index in [4.69, 9.17) is 5.73 Å². The van der Waals surface area contributed by atoms with Crippen molar-refractivity contribution in [2.24, 2.45) is 5.73 Å². The van der Waals surface area contributed by atoms with E-state index in [9.17, 15) is 0 Å². The molecule has 3 rings (SSSR count). The molecule has 5 nitrogen and oxygen atoms in total. The molecule has 1 aromatic carbocycles. The third-order valence-corrected chi connectivity index (χ3v) is 4.60. The minimum absolute atomic E-state index is 0.230. The number of hydrogen-bond acceptors (Lipinski definition) is 4. The van der Waals surface area contributed by atoms with Crippen LogP contribution >= 0.6 is 38.5 Å². The molecular weight excluding hydrogens is 421 g/mol. The minimum atomic E-state index is 0.230. The largest absolute Gasteiger partial charge is 0.338 e. The van der Waals surface area contributed by atoms with Crippen LogP contribution in [0.2, 0.25) is 0 Å². The summed E-state index contributed by atoms with van der Waals surface area (Å²) in [5.74, 6) is 1.53. The predicted octanol–water partition coefficient (Wildman–Crippen LogP) is 2.38. The summed E-state index contributed by atoms with van der Waals surface area (Å²) in [5.41, 5.74) is 6.96. The summed E-state index contributed by atoms with van der Waals surface area (Å²) in [6.07, 6.45) is 0.998. The number of benzene rings is 1. The highest BCUT2D eigenvalue weighted by molar-refractivity contribution is 14.1. The van der Waals surface area contributed by atoms with Crippen molar-refractivity contribution in [3.63, 3.8) is 0 Å². The average molecular weight is 434 g/mol. The van der Waals surface area contributed by atoms with Gasteiger partial charge in [-0.25, -0.2) is 0 Å². The second-order valence-corrected chi connectivity index (χ2v) is 6.68. The van der Waals surface area contributed by atoms with Crippen LogP contribution < -0.4 is 10.6 Å². The maximum Gasteiger partial charge on any atom is 0.245 e. The second-order valence-electron chi connectivity index (χ2n) is 4.60. The van der Waals surface area contributed by atoms with E-state index in [0.29, 0.717) is 0 Å². The first-order chi connectivity index (χ1) is 9.13. The topological polar surface area (TPSA) is 70.8 Å². The summed E-state index contributed by atoms with van der Waals surface area (Å²) >= 11 is 5.78. The summed E-state index contributed by atoms with van der Waals surface area (Å²) in [6.45, 7) is 1.75. The van der Waals surface area contributed by atoms with Crippen LogP contribution in [-0.2, 0) is 0 Å². The first-order valence-electron chi connectivity index (χ1n) is 6.02. The lowest BCUT2D eigenvalue weighted by Gasteiger charge is -2.11. The van der Waals surface area contributed by atoms with Gasteiger partial charge in [0, 0.05) is 32.7 Å². The molecule has 0 radical (unpaired) electrons. The number of halogens is 2. The Morgan fingerprint density at radius 2 is 2.32 bits per heavy atom. The molecule has 1 unspecified atom stereocenters. The molecule has 1 fully saturated rings. The Labute approximate surface area is 133 Å². The fraction of sp³-hybridized carbons (Fsp3) is 0.333. The van der Waals surface area contributed by atoms with Gasteiger partial charge in [0.2, 0.25) is 5.95 Å². The molecule has 0 aliphatic carbocycles. The molecule has 1 aliphatic heterocycles. The van der Waals surface area contributed by atoms with Gasteiger partial charge in [0.25, 0.3) is 0 Å². The Morgan fingerprint density at radius 1 is 1.47 bits per heavy atom.